The third-order valence-electron chi connectivity index (χ3n) is 5.41. The smallest absolute Gasteiger partial charge is 0.205 e. The van der Waals surface area contributed by atoms with Crippen LogP contribution in [0.15, 0.2) is 60.0 Å². The van der Waals surface area contributed by atoms with E-state index in [-0.39, 0.29) is 22.8 Å². The Morgan fingerprint density at radius 3 is 2.09 bits per heavy atom. The Balaban J connectivity index is 2.00. The Morgan fingerprint density at radius 1 is 0.844 bits per heavy atom. The quantitative estimate of drug-likeness (QED) is 0.439. The van der Waals surface area contributed by atoms with Gasteiger partial charge in [0.1, 0.15) is 29.5 Å². The summed E-state index contributed by atoms with van der Waals surface area (Å²) >= 11 is 6.08. The molecular formula is C24H11ClN6O. The van der Waals surface area contributed by atoms with Crippen molar-refractivity contribution in [3.63, 3.8) is 0 Å². The molecule has 0 radical (unpaired) electrons. The monoisotopic (exact) mass is 434 g/mol. The van der Waals surface area contributed by atoms with Gasteiger partial charge < -0.3 is 10.5 Å². The van der Waals surface area contributed by atoms with Gasteiger partial charge in [-0.15, -0.1) is 0 Å². The van der Waals surface area contributed by atoms with Crippen LogP contribution in [0.4, 0.5) is 0 Å². The van der Waals surface area contributed by atoms with Gasteiger partial charge >= 0.3 is 0 Å². The molecule has 150 valence electrons. The highest BCUT2D eigenvalue weighted by Gasteiger charge is 2.35. The molecule has 5 rings (SSSR count). The van der Waals surface area contributed by atoms with Crippen molar-refractivity contribution in [2.75, 3.05) is 0 Å². The minimum Gasteiger partial charge on any atom is -0.439 e. The summed E-state index contributed by atoms with van der Waals surface area (Å²) in [5.74, 6) is -0.194. The van der Waals surface area contributed by atoms with Crippen LogP contribution in [-0.4, -0.2) is 9.97 Å². The van der Waals surface area contributed by atoms with Crippen molar-refractivity contribution in [1.82, 2.24) is 9.97 Å². The minimum absolute atomic E-state index is 0.00781. The number of aromatic nitrogens is 2. The molecule has 1 atom stereocenters. The van der Waals surface area contributed by atoms with Crippen LogP contribution in [0.5, 0.6) is 5.75 Å². The zero-order chi connectivity index (χ0) is 22.4. The van der Waals surface area contributed by atoms with Gasteiger partial charge in [0, 0.05) is 21.4 Å². The summed E-state index contributed by atoms with van der Waals surface area (Å²) in [4.78, 5) is 8.95. The first-order valence-corrected chi connectivity index (χ1v) is 9.84. The molecule has 0 fully saturated rings. The van der Waals surface area contributed by atoms with E-state index in [2.05, 4.69) is 16.0 Å². The number of nitrogens with two attached hydrogens (primary N) is 1. The molecule has 2 N–H and O–H groups in total. The third-order valence-corrected chi connectivity index (χ3v) is 5.66. The largest absolute Gasteiger partial charge is 0.439 e. The van der Waals surface area contributed by atoms with Crippen molar-refractivity contribution in [1.29, 1.82) is 15.8 Å². The standard InChI is InChI=1S/C24H11ClN6O/c25-13-7-5-12(6-8-13)19-16(9-26)24(29)32-23-15-4-2-1-3-14(15)21-22(20(19)23)31-18(11-28)17(10-27)30-21/h1-8,19H,29H2. The average Bonchev–Trinajstić information content (AvgIpc) is 2.83. The lowest BCUT2D eigenvalue weighted by atomic mass is 9.81. The number of halogens is 1. The lowest BCUT2D eigenvalue weighted by Crippen LogP contribution is -2.22. The first-order chi connectivity index (χ1) is 15.6. The number of hydrogen-bond donors (Lipinski definition) is 1. The van der Waals surface area contributed by atoms with E-state index in [1.807, 2.05) is 36.4 Å². The zero-order valence-electron chi connectivity index (χ0n) is 16.3. The number of hydrogen-bond acceptors (Lipinski definition) is 7. The highest BCUT2D eigenvalue weighted by Crippen LogP contribution is 2.49. The number of nitrogens with zero attached hydrogens (tertiary/aromatic N) is 5. The van der Waals surface area contributed by atoms with Gasteiger partial charge in [-0.3, -0.25) is 0 Å². The first kappa shape index (κ1) is 19.3. The van der Waals surface area contributed by atoms with Crippen LogP contribution in [0.1, 0.15) is 28.4 Å². The van der Waals surface area contributed by atoms with Crippen molar-refractivity contribution in [3.05, 3.63) is 87.5 Å². The van der Waals surface area contributed by atoms with Crippen LogP contribution < -0.4 is 10.5 Å². The van der Waals surface area contributed by atoms with Gasteiger partial charge in [0.05, 0.1) is 17.0 Å². The van der Waals surface area contributed by atoms with Gasteiger partial charge in [-0.1, -0.05) is 48.0 Å². The maximum atomic E-state index is 9.92. The topological polar surface area (TPSA) is 132 Å². The second kappa shape index (κ2) is 7.25. The van der Waals surface area contributed by atoms with Crippen molar-refractivity contribution in [2.45, 2.75) is 5.92 Å². The molecule has 1 unspecified atom stereocenters. The molecule has 1 aliphatic heterocycles. The second-order valence-electron chi connectivity index (χ2n) is 7.11. The van der Waals surface area contributed by atoms with Gasteiger partial charge in [0.25, 0.3) is 0 Å². The molecule has 0 saturated carbocycles. The third kappa shape index (κ3) is 2.72. The lowest BCUT2D eigenvalue weighted by molar-refractivity contribution is 0.399. The average molecular weight is 435 g/mol. The van der Waals surface area contributed by atoms with Crippen LogP contribution in [0.2, 0.25) is 5.02 Å². The molecule has 0 amide bonds. The molecule has 1 aromatic heterocycles. The fourth-order valence-electron chi connectivity index (χ4n) is 4.04. The zero-order valence-corrected chi connectivity index (χ0v) is 17.1. The summed E-state index contributed by atoms with van der Waals surface area (Å²) in [5, 5.41) is 30.9. The molecule has 1 aliphatic rings. The molecular weight excluding hydrogens is 424 g/mol. The van der Waals surface area contributed by atoms with E-state index in [9.17, 15) is 15.8 Å². The summed E-state index contributed by atoms with van der Waals surface area (Å²) in [5.41, 5.74) is 8.33. The summed E-state index contributed by atoms with van der Waals surface area (Å²) in [6, 6.07) is 20.4. The van der Waals surface area contributed by atoms with Crippen molar-refractivity contribution < 1.29 is 4.74 Å². The van der Waals surface area contributed by atoms with E-state index in [0.717, 1.165) is 5.56 Å². The van der Waals surface area contributed by atoms with Gasteiger partial charge in [-0.05, 0) is 17.7 Å². The van der Waals surface area contributed by atoms with Crippen molar-refractivity contribution in [3.8, 4) is 24.0 Å². The molecule has 2 heterocycles. The minimum atomic E-state index is -0.623. The van der Waals surface area contributed by atoms with E-state index in [1.165, 1.54) is 0 Å². The van der Waals surface area contributed by atoms with Crippen LogP contribution in [0.25, 0.3) is 21.8 Å². The van der Waals surface area contributed by atoms with E-state index in [0.29, 0.717) is 38.1 Å². The molecule has 32 heavy (non-hydrogen) atoms. The Bertz CT molecular complexity index is 1600. The molecule has 0 spiro atoms. The van der Waals surface area contributed by atoms with Crippen LogP contribution >= 0.6 is 11.6 Å². The fourth-order valence-corrected chi connectivity index (χ4v) is 4.17. The normalized spacial score (nSPS) is 14.9. The SMILES string of the molecule is N#CC1=C(N)Oc2c(c3nc(C#N)c(C#N)nc3c3ccccc23)C1c1ccc(Cl)cc1. The number of ether oxygens (including phenoxy) is 1. The van der Waals surface area contributed by atoms with E-state index >= 15 is 0 Å². The van der Waals surface area contributed by atoms with Gasteiger partial charge in [-0.2, -0.15) is 15.8 Å². The number of rotatable bonds is 1. The number of allylic oxidation sites excluding steroid dienone is 1. The Morgan fingerprint density at radius 2 is 1.47 bits per heavy atom. The summed E-state index contributed by atoms with van der Waals surface area (Å²) in [6.45, 7) is 0. The van der Waals surface area contributed by atoms with Crippen LogP contribution in [-0.2, 0) is 0 Å². The molecule has 0 aliphatic carbocycles. The molecule has 4 aromatic rings. The number of nitriles is 3. The van der Waals surface area contributed by atoms with Crippen molar-refractivity contribution in [2.24, 2.45) is 5.73 Å². The number of fused-ring (bicyclic) bond motifs is 6. The predicted molar refractivity (Wildman–Crippen MR) is 117 cm³/mol. The maximum Gasteiger partial charge on any atom is 0.205 e. The summed E-state index contributed by atoms with van der Waals surface area (Å²) in [7, 11) is 0. The lowest BCUT2D eigenvalue weighted by Gasteiger charge is -2.28. The molecule has 8 heteroatoms. The Labute approximate surface area is 187 Å². The number of benzene rings is 3. The van der Waals surface area contributed by atoms with E-state index in [4.69, 9.17) is 22.1 Å². The molecule has 3 aromatic carbocycles. The highest BCUT2D eigenvalue weighted by atomic mass is 35.5. The van der Waals surface area contributed by atoms with Gasteiger partial charge in [-0.25, -0.2) is 9.97 Å². The predicted octanol–water partition coefficient (Wildman–Crippen LogP) is 4.40. The fraction of sp³-hybridized carbons (Fsp3) is 0.0417. The van der Waals surface area contributed by atoms with Crippen molar-refractivity contribution >= 4 is 33.4 Å². The molecule has 0 saturated heterocycles. The van der Waals surface area contributed by atoms with Gasteiger partial charge in [0.15, 0.2) is 11.4 Å². The molecule has 0 bridgehead atoms. The maximum absolute atomic E-state index is 9.92. The van der Waals surface area contributed by atoms with Gasteiger partial charge in [0.2, 0.25) is 5.88 Å². The second-order valence-corrected chi connectivity index (χ2v) is 7.54. The highest BCUT2D eigenvalue weighted by molar-refractivity contribution is 6.30. The summed E-state index contributed by atoms with van der Waals surface area (Å²) < 4.78 is 5.96. The van der Waals surface area contributed by atoms with E-state index in [1.54, 1.807) is 24.3 Å². The summed E-state index contributed by atoms with van der Waals surface area (Å²) in [6.07, 6.45) is 0. The van der Waals surface area contributed by atoms with E-state index < -0.39 is 5.92 Å². The Hall–Kier alpha value is -4.64. The van der Waals surface area contributed by atoms with Crippen LogP contribution in [0, 0.1) is 34.0 Å². The first-order valence-electron chi connectivity index (χ1n) is 9.47. The Kier molecular flexibility index (Phi) is 4.38. The van der Waals surface area contributed by atoms with Crippen LogP contribution in [0.3, 0.4) is 0 Å². The molecule has 7 nitrogen and oxygen atoms in total.